The summed E-state index contributed by atoms with van der Waals surface area (Å²) in [4.78, 5) is 4.55. The summed E-state index contributed by atoms with van der Waals surface area (Å²) < 4.78 is 1.88. The largest absolute Gasteiger partial charge is 0.307 e. The molecule has 0 aliphatic heterocycles. The minimum absolute atomic E-state index is 0.533. The zero-order chi connectivity index (χ0) is 12.1. The first-order valence-electron chi connectivity index (χ1n) is 6.15. The maximum Gasteiger partial charge on any atom is 0.151 e. The fourth-order valence-corrected chi connectivity index (χ4v) is 1.49. The Morgan fingerprint density at radius 3 is 2.56 bits per heavy atom. The molecular formula is C12H24N4. The highest BCUT2D eigenvalue weighted by molar-refractivity contribution is 4.93. The van der Waals surface area contributed by atoms with Crippen molar-refractivity contribution >= 4 is 0 Å². The minimum Gasteiger partial charge on any atom is -0.307 e. The number of aryl methyl sites for hydroxylation is 1. The number of hydrogen-bond acceptors (Lipinski definition) is 3. The van der Waals surface area contributed by atoms with Gasteiger partial charge in [0.25, 0.3) is 0 Å². The van der Waals surface area contributed by atoms with Gasteiger partial charge in [-0.3, -0.25) is 4.68 Å². The summed E-state index contributed by atoms with van der Waals surface area (Å²) in [6.45, 7) is 9.54. The molecule has 0 saturated heterocycles. The van der Waals surface area contributed by atoms with Gasteiger partial charge in [-0.15, -0.1) is 0 Å². The third kappa shape index (κ3) is 3.93. The lowest BCUT2D eigenvalue weighted by molar-refractivity contribution is 0.510. The van der Waals surface area contributed by atoms with E-state index in [1.165, 1.54) is 0 Å². The highest BCUT2D eigenvalue weighted by Crippen LogP contribution is 2.04. The van der Waals surface area contributed by atoms with Crippen LogP contribution in [0.1, 0.15) is 45.8 Å². The van der Waals surface area contributed by atoms with Gasteiger partial charge in [0.1, 0.15) is 5.82 Å². The summed E-state index contributed by atoms with van der Waals surface area (Å²) in [7, 11) is 1.96. The van der Waals surface area contributed by atoms with E-state index in [1.54, 1.807) is 0 Å². The van der Waals surface area contributed by atoms with E-state index in [1.807, 2.05) is 11.7 Å². The first kappa shape index (κ1) is 13.2. The quantitative estimate of drug-likeness (QED) is 0.802. The van der Waals surface area contributed by atoms with Crippen molar-refractivity contribution in [1.29, 1.82) is 0 Å². The van der Waals surface area contributed by atoms with Crippen LogP contribution in [-0.2, 0) is 20.0 Å². The van der Waals surface area contributed by atoms with Crippen LogP contribution >= 0.6 is 0 Å². The molecule has 1 atom stereocenters. The molecule has 0 spiro atoms. The molecule has 92 valence electrons. The first-order chi connectivity index (χ1) is 7.52. The Kier molecular flexibility index (Phi) is 4.93. The summed E-state index contributed by atoms with van der Waals surface area (Å²) in [5, 5.41) is 7.85. The molecule has 0 bridgehead atoms. The maximum absolute atomic E-state index is 4.55. The van der Waals surface area contributed by atoms with Crippen molar-refractivity contribution < 1.29 is 0 Å². The summed E-state index contributed by atoms with van der Waals surface area (Å²) in [6, 6.07) is 0.533. The van der Waals surface area contributed by atoms with Crippen molar-refractivity contribution in [3.63, 3.8) is 0 Å². The molecule has 1 N–H and O–H groups in total. The maximum atomic E-state index is 4.55. The molecule has 4 heteroatoms. The van der Waals surface area contributed by atoms with Crippen LogP contribution in [0.2, 0.25) is 0 Å². The van der Waals surface area contributed by atoms with Crippen LogP contribution in [0.15, 0.2) is 0 Å². The van der Waals surface area contributed by atoms with Gasteiger partial charge in [0.2, 0.25) is 0 Å². The van der Waals surface area contributed by atoms with E-state index in [-0.39, 0.29) is 0 Å². The predicted molar refractivity (Wildman–Crippen MR) is 66.1 cm³/mol. The highest BCUT2D eigenvalue weighted by atomic mass is 15.3. The number of hydrogen-bond donors (Lipinski definition) is 1. The van der Waals surface area contributed by atoms with Crippen LogP contribution in [-0.4, -0.2) is 20.8 Å². The fourth-order valence-electron chi connectivity index (χ4n) is 1.49. The number of aromatic nitrogens is 3. The normalized spacial score (nSPS) is 13.4. The topological polar surface area (TPSA) is 42.7 Å². The van der Waals surface area contributed by atoms with Gasteiger partial charge < -0.3 is 5.32 Å². The lowest BCUT2D eigenvalue weighted by atomic mass is 10.1. The molecule has 1 rings (SSSR count). The Morgan fingerprint density at radius 2 is 2.00 bits per heavy atom. The van der Waals surface area contributed by atoms with Gasteiger partial charge in [0.15, 0.2) is 5.82 Å². The van der Waals surface area contributed by atoms with Gasteiger partial charge in [-0.25, -0.2) is 4.98 Å². The second-order valence-corrected chi connectivity index (χ2v) is 4.86. The molecule has 1 aromatic heterocycles. The molecule has 0 amide bonds. The van der Waals surface area contributed by atoms with Crippen LogP contribution in [0, 0.1) is 5.92 Å². The zero-order valence-corrected chi connectivity index (χ0v) is 11.1. The summed E-state index contributed by atoms with van der Waals surface area (Å²) >= 11 is 0. The average Bonchev–Trinajstić information content (AvgIpc) is 2.54. The smallest absolute Gasteiger partial charge is 0.151 e. The summed E-state index contributed by atoms with van der Waals surface area (Å²) in [5.41, 5.74) is 0. The molecule has 1 heterocycles. The van der Waals surface area contributed by atoms with Crippen molar-refractivity contribution in [3.8, 4) is 0 Å². The zero-order valence-electron chi connectivity index (χ0n) is 11.1. The van der Waals surface area contributed by atoms with Crippen LogP contribution in [0.4, 0.5) is 0 Å². The lowest BCUT2D eigenvalue weighted by Crippen LogP contribution is -2.26. The predicted octanol–water partition coefficient (Wildman–Crippen LogP) is 1.90. The van der Waals surface area contributed by atoms with E-state index in [2.05, 4.69) is 43.1 Å². The molecule has 1 aromatic rings. The number of nitrogens with zero attached hydrogens (tertiary/aromatic N) is 3. The SMILES string of the molecule is CCC(C)NCc1nc(CC(C)C)nn1C. The van der Waals surface area contributed by atoms with Crippen molar-refractivity contribution in [3.05, 3.63) is 11.6 Å². The minimum atomic E-state index is 0.533. The van der Waals surface area contributed by atoms with E-state index in [9.17, 15) is 0 Å². The average molecular weight is 224 g/mol. The van der Waals surface area contributed by atoms with Gasteiger partial charge in [0.05, 0.1) is 6.54 Å². The van der Waals surface area contributed by atoms with E-state index in [4.69, 9.17) is 0 Å². The number of nitrogens with one attached hydrogen (secondary N) is 1. The van der Waals surface area contributed by atoms with Crippen LogP contribution in [0.3, 0.4) is 0 Å². The lowest BCUT2D eigenvalue weighted by Gasteiger charge is -2.09. The molecule has 0 aliphatic carbocycles. The van der Waals surface area contributed by atoms with Crippen molar-refractivity contribution in [1.82, 2.24) is 20.1 Å². The summed E-state index contributed by atoms with van der Waals surface area (Å²) in [5.74, 6) is 2.59. The Morgan fingerprint density at radius 1 is 1.31 bits per heavy atom. The van der Waals surface area contributed by atoms with E-state index >= 15 is 0 Å². The van der Waals surface area contributed by atoms with E-state index < -0.39 is 0 Å². The molecule has 1 unspecified atom stereocenters. The van der Waals surface area contributed by atoms with E-state index in [0.717, 1.165) is 31.0 Å². The second-order valence-electron chi connectivity index (χ2n) is 4.86. The standard InChI is InChI=1S/C12H24N4/c1-6-10(4)13-8-12-14-11(7-9(2)3)15-16(12)5/h9-10,13H,6-8H2,1-5H3. The Balaban J connectivity index is 2.56. The first-order valence-corrected chi connectivity index (χ1v) is 6.15. The van der Waals surface area contributed by atoms with Gasteiger partial charge in [-0.05, 0) is 19.3 Å². The van der Waals surface area contributed by atoms with Crippen molar-refractivity contribution in [2.24, 2.45) is 13.0 Å². The molecular weight excluding hydrogens is 200 g/mol. The fraction of sp³-hybridized carbons (Fsp3) is 0.833. The van der Waals surface area contributed by atoms with Crippen molar-refractivity contribution in [2.75, 3.05) is 0 Å². The molecule has 16 heavy (non-hydrogen) atoms. The van der Waals surface area contributed by atoms with Crippen molar-refractivity contribution in [2.45, 2.75) is 53.1 Å². The van der Waals surface area contributed by atoms with Gasteiger partial charge in [-0.2, -0.15) is 5.10 Å². The van der Waals surface area contributed by atoms with E-state index in [0.29, 0.717) is 12.0 Å². The Hall–Kier alpha value is -0.900. The van der Waals surface area contributed by atoms with Gasteiger partial charge in [-0.1, -0.05) is 20.8 Å². The molecule has 0 saturated carbocycles. The highest BCUT2D eigenvalue weighted by Gasteiger charge is 2.09. The van der Waals surface area contributed by atoms with Crippen LogP contribution < -0.4 is 5.32 Å². The van der Waals surface area contributed by atoms with Crippen LogP contribution in [0.5, 0.6) is 0 Å². The molecule has 0 aliphatic rings. The van der Waals surface area contributed by atoms with Crippen LogP contribution in [0.25, 0.3) is 0 Å². The third-order valence-corrected chi connectivity index (χ3v) is 2.71. The molecule has 0 aromatic carbocycles. The summed E-state index contributed by atoms with van der Waals surface area (Å²) in [6.07, 6.45) is 2.09. The number of rotatable bonds is 6. The molecule has 0 radical (unpaired) electrons. The monoisotopic (exact) mass is 224 g/mol. The second kappa shape index (κ2) is 5.99. The Labute approximate surface area is 98.5 Å². The third-order valence-electron chi connectivity index (χ3n) is 2.71. The molecule has 0 fully saturated rings. The van der Waals surface area contributed by atoms with Gasteiger partial charge in [0, 0.05) is 19.5 Å². The van der Waals surface area contributed by atoms with Gasteiger partial charge >= 0.3 is 0 Å². The molecule has 4 nitrogen and oxygen atoms in total. The Bertz CT molecular complexity index is 317.